The zero-order valence-corrected chi connectivity index (χ0v) is 17.2. The number of ether oxygens (including phenoxy) is 1. The zero-order valence-electron chi connectivity index (χ0n) is 17.2. The molecule has 1 fully saturated rings. The summed E-state index contributed by atoms with van der Waals surface area (Å²) in [5, 5.41) is 21.4. The minimum absolute atomic E-state index is 0.00103. The van der Waals surface area contributed by atoms with E-state index in [2.05, 4.69) is 26.0 Å². The molecule has 0 bridgehead atoms. The van der Waals surface area contributed by atoms with Crippen molar-refractivity contribution >= 4 is 5.97 Å². The van der Waals surface area contributed by atoms with Gasteiger partial charge in [-0.1, -0.05) is 37.6 Å². The van der Waals surface area contributed by atoms with Gasteiger partial charge in [0.05, 0.1) is 12.2 Å². The lowest BCUT2D eigenvalue weighted by atomic mass is 9.68. The van der Waals surface area contributed by atoms with Gasteiger partial charge in [0.2, 0.25) is 0 Å². The Labute approximate surface area is 158 Å². The van der Waals surface area contributed by atoms with Crippen molar-refractivity contribution in [1.29, 1.82) is 0 Å². The van der Waals surface area contributed by atoms with Crippen LogP contribution in [0.25, 0.3) is 0 Å². The molecule has 2 unspecified atom stereocenters. The molecule has 4 heteroatoms. The van der Waals surface area contributed by atoms with Gasteiger partial charge in [0.1, 0.15) is 5.60 Å². The summed E-state index contributed by atoms with van der Waals surface area (Å²) in [6.45, 7) is 11.7. The van der Waals surface area contributed by atoms with E-state index < -0.39 is 17.8 Å². The minimum Gasteiger partial charge on any atom is -0.460 e. The van der Waals surface area contributed by atoms with Crippen LogP contribution < -0.4 is 0 Å². The lowest BCUT2D eigenvalue weighted by molar-refractivity contribution is -0.163. The van der Waals surface area contributed by atoms with Gasteiger partial charge in [-0.05, 0) is 57.8 Å². The monoisotopic (exact) mass is 364 g/mol. The summed E-state index contributed by atoms with van der Waals surface area (Å²) in [4.78, 5) is 11.6. The van der Waals surface area contributed by atoms with Crippen LogP contribution in [0.2, 0.25) is 0 Å². The van der Waals surface area contributed by atoms with Crippen molar-refractivity contribution in [3.63, 3.8) is 0 Å². The van der Waals surface area contributed by atoms with Crippen LogP contribution in [0.15, 0.2) is 23.8 Å². The molecular formula is C22H36O4. The van der Waals surface area contributed by atoms with Crippen LogP contribution in [0.4, 0.5) is 0 Å². The fraction of sp³-hybridized carbons (Fsp3) is 0.773. The molecule has 0 aliphatic heterocycles. The van der Waals surface area contributed by atoms with E-state index in [1.54, 1.807) is 0 Å². The first-order valence-electron chi connectivity index (χ1n) is 9.87. The molecule has 2 N–H and O–H groups in total. The fourth-order valence-electron chi connectivity index (χ4n) is 5.17. The molecule has 0 amide bonds. The van der Waals surface area contributed by atoms with Crippen LogP contribution in [0.1, 0.15) is 67.2 Å². The Morgan fingerprint density at radius 3 is 2.62 bits per heavy atom. The topological polar surface area (TPSA) is 66.8 Å². The molecule has 0 aromatic heterocycles. The van der Waals surface area contributed by atoms with Gasteiger partial charge >= 0.3 is 5.97 Å². The van der Waals surface area contributed by atoms with Gasteiger partial charge in [0.15, 0.2) is 0 Å². The van der Waals surface area contributed by atoms with Gasteiger partial charge in [-0.3, -0.25) is 4.79 Å². The van der Waals surface area contributed by atoms with Crippen LogP contribution in [0, 0.1) is 23.2 Å². The third-order valence-corrected chi connectivity index (χ3v) is 6.33. The van der Waals surface area contributed by atoms with Gasteiger partial charge in [-0.2, -0.15) is 0 Å². The predicted octanol–water partition coefficient (Wildman–Crippen LogP) is 4.01. The first-order valence-corrected chi connectivity index (χ1v) is 9.87. The lowest BCUT2D eigenvalue weighted by Crippen LogP contribution is -2.45. The first kappa shape index (κ1) is 21.2. The van der Waals surface area contributed by atoms with Gasteiger partial charge in [0.25, 0.3) is 0 Å². The van der Waals surface area contributed by atoms with Crippen molar-refractivity contribution in [2.75, 3.05) is 0 Å². The van der Waals surface area contributed by atoms with E-state index in [1.807, 2.05) is 26.8 Å². The smallest absolute Gasteiger partial charge is 0.303 e. The Morgan fingerprint density at radius 1 is 1.35 bits per heavy atom. The molecule has 0 heterocycles. The summed E-state index contributed by atoms with van der Waals surface area (Å²) < 4.78 is 5.65. The summed E-state index contributed by atoms with van der Waals surface area (Å²) in [7, 11) is 0. The molecule has 0 spiro atoms. The molecule has 6 atom stereocenters. The quantitative estimate of drug-likeness (QED) is 0.574. The maximum Gasteiger partial charge on any atom is 0.303 e. The molecule has 1 saturated carbocycles. The van der Waals surface area contributed by atoms with Crippen molar-refractivity contribution in [1.82, 2.24) is 0 Å². The van der Waals surface area contributed by atoms with E-state index in [9.17, 15) is 15.0 Å². The number of allylic oxidation sites excluding steroid dienone is 2. The van der Waals surface area contributed by atoms with E-state index in [0.29, 0.717) is 12.8 Å². The Morgan fingerprint density at radius 2 is 2.00 bits per heavy atom. The number of hydrogen-bond acceptors (Lipinski definition) is 4. The van der Waals surface area contributed by atoms with Gasteiger partial charge < -0.3 is 14.9 Å². The highest BCUT2D eigenvalue weighted by molar-refractivity contribution is 5.66. The summed E-state index contributed by atoms with van der Waals surface area (Å²) >= 11 is 0. The minimum atomic E-state index is -0.619. The summed E-state index contributed by atoms with van der Waals surface area (Å²) in [5.41, 5.74) is 0.245. The number of aliphatic hydroxyl groups is 2. The summed E-state index contributed by atoms with van der Waals surface area (Å²) in [6.07, 6.45) is 8.36. The molecule has 148 valence electrons. The largest absolute Gasteiger partial charge is 0.460 e. The second kappa shape index (κ2) is 7.85. The van der Waals surface area contributed by atoms with E-state index in [-0.39, 0.29) is 29.1 Å². The Balaban J connectivity index is 2.42. The van der Waals surface area contributed by atoms with Crippen molar-refractivity contribution < 1.29 is 19.7 Å². The number of carbonyl (C=O) groups excluding carboxylic acids is 1. The second-order valence-electron chi connectivity index (χ2n) is 9.30. The van der Waals surface area contributed by atoms with Crippen LogP contribution in [0.5, 0.6) is 0 Å². The number of fused-ring (bicyclic) bond motifs is 1. The molecule has 0 saturated heterocycles. The molecule has 0 radical (unpaired) electrons. The number of esters is 1. The van der Waals surface area contributed by atoms with Gasteiger partial charge in [-0.15, -0.1) is 0 Å². The Hall–Kier alpha value is -1.13. The SMILES string of the molecule is CC(=O)OC(C)(C)C1CC[C@]2(C)/C=C/[C@H](C)C[C@@H](O)/C=C(\C)C[C@H](O)C12. The summed E-state index contributed by atoms with van der Waals surface area (Å²) in [5.74, 6) is 0.0733. The van der Waals surface area contributed by atoms with Crippen LogP contribution in [-0.4, -0.2) is 34.0 Å². The fourth-order valence-corrected chi connectivity index (χ4v) is 5.17. The standard InChI is InChI=1S/C22H36O4/c1-14-7-9-22(6)10-8-18(21(4,5)26-16(3)23)20(22)19(25)13-15(2)12-17(24)11-14/h7,9,12,14,17-20,24-25H,8,10-11,13H2,1-6H3/b9-7+,15-12+/t14-,17+,18?,19-,20?,22-/m0/s1. The Bertz CT molecular complexity index is 577. The normalized spacial score (nSPS) is 42.2. The molecule has 0 aromatic carbocycles. The summed E-state index contributed by atoms with van der Waals surface area (Å²) in [6, 6.07) is 0. The van der Waals surface area contributed by atoms with Crippen LogP contribution in [-0.2, 0) is 9.53 Å². The predicted molar refractivity (Wildman–Crippen MR) is 103 cm³/mol. The molecular weight excluding hydrogens is 328 g/mol. The van der Waals surface area contributed by atoms with Crippen LogP contribution >= 0.6 is 0 Å². The highest BCUT2D eigenvalue weighted by Gasteiger charge is 2.53. The molecule has 2 aliphatic carbocycles. The van der Waals surface area contributed by atoms with E-state index in [1.165, 1.54) is 6.92 Å². The molecule has 2 rings (SSSR count). The third-order valence-electron chi connectivity index (χ3n) is 6.33. The second-order valence-corrected chi connectivity index (χ2v) is 9.30. The lowest BCUT2D eigenvalue weighted by Gasteiger charge is -2.41. The number of hydrogen-bond donors (Lipinski definition) is 2. The molecule has 26 heavy (non-hydrogen) atoms. The van der Waals surface area contributed by atoms with Gasteiger partial charge in [-0.25, -0.2) is 0 Å². The molecule has 0 aromatic rings. The highest BCUT2D eigenvalue weighted by Crippen LogP contribution is 2.54. The third kappa shape index (κ3) is 4.77. The highest BCUT2D eigenvalue weighted by atomic mass is 16.6. The van der Waals surface area contributed by atoms with E-state index in [0.717, 1.165) is 18.4 Å². The average molecular weight is 365 g/mol. The van der Waals surface area contributed by atoms with Crippen LogP contribution in [0.3, 0.4) is 0 Å². The van der Waals surface area contributed by atoms with Crippen molar-refractivity contribution in [2.45, 2.75) is 85.0 Å². The number of rotatable bonds is 2. The molecule has 2 aliphatic rings. The number of carbonyl (C=O) groups is 1. The first-order chi connectivity index (χ1) is 11.9. The van der Waals surface area contributed by atoms with Gasteiger partial charge in [0, 0.05) is 18.8 Å². The van der Waals surface area contributed by atoms with E-state index >= 15 is 0 Å². The van der Waals surface area contributed by atoms with Crippen molar-refractivity contribution in [3.05, 3.63) is 23.8 Å². The van der Waals surface area contributed by atoms with E-state index in [4.69, 9.17) is 4.74 Å². The zero-order chi connectivity index (χ0) is 19.7. The molecule has 4 nitrogen and oxygen atoms in total. The maximum absolute atomic E-state index is 11.6. The Kier molecular flexibility index (Phi) is 6.40. The average Bonchev–Trinajstić information content (AvgIpc) is 2.81. The number of aliphatic hydroxyl groups excluding tert-OH is 2. The maximum atomic E-state index is 11.6. The van der Waals surface area contributed by atoms with Crippen molar-refractivity contribution in [3.8, 4) is 0 Å². The van der Waals surface area contributed by atoms with Crippen molar-refractivity contribution in [2.24, 2.45) is 23.2 Å².